The Balaban J connectivity index is 2.18. The number of benzene rings is 1. The third-order valence-electron chi connectivity index (χ3n) is 3.49. The van der Waals surface area contributed by atoms with Crippen LogP contribution in [0.25, 0.3) is 0 Å². The van der Waals surface area contributed by atoms with Gasteiger partial charge in [-0.1, -0.05) is 18.2 Å². The molecule has 17 heavy (non-hydrogen) atoms. The zero-order chi connectivity index (χ0) is 12.4. The topological polar surface area (TPSA) is 26.7 Å². The van der Waals surface area contributed by atoms with E-state index in [1.807, 2.05) is 14.1 Å². The lowest BCUT2D eigenvalue weighted by Crippen LogP contribution is -2.52. The molecule has 1 saturated heterocycles. The Morgan fingerprint density at radius 3 is 2.71 bits per heavy atom. The summed E-state index contributed by atoms with van der Waals surface area (Å²) in [5, 5.41) is 10.3. The molecule has 0 radical (unpaired) electrons. The summed E-state index contributed by atoms with van der Waals surface area (Å²) in [7, 11) is 4.00. The minimum Gasteiger partial charge on any atom is -0.387 e. The first-order valence-corrected chi connectivity index (χ1v) is 5.91. The van der Waals surface area contributed by atoms with Crippen molar-refractivity contribution in [1.29, 1.82) is 0 Å². The predicted octanol–water partition coefficient (Wildman–Crippen LogP) is 1.10. The molecule has 3 nitrogen and oxygen atoms in total. The van der Waals surface area contributed by atoms with Crippen LogP contribution in [0.2, 0.25) is 0 Å². The molecule has 0 aromatic heterocycles. The molecule has 0 amide bonds. The molecular formula is C13H19FN2O. The Labute approximate surface area is 101 Å². The minimum absolute atomic E-state index is 0.0503. The van der Waals surface area contributed by atoms with E-state index in [9.17, 15) is 9.50 Å². The Kier molecular flexibility index (Phi) is 3.76. The van der Waals surface area contributed by atoms with Gasteiger partial charge in [0.2, 0.25) is 0 Å². The highest BCUT2D eigenvalue weighted by Crippen LogP contribution is 2.24. The Morgan fingerprint density at radius 1 is 1.29 bits per heavy atom. The van der Waals surface area contributed by atoms with Crippen LogP contribution in [0, 0.1) is 5.82 Å². The standard InChI is InChI=1S/C13H19FN2O/c1-15-7-8-16(2)12(9-15)13(17)10-5-3-4-6-11(10)14/h3-6,12-13,17H,7-9H2,1-2H3. The number of halogens is 1. The molecule has 0 bridgehead atoms. The van der Waals surface area contributed by atoms with Gasteiger partial charge >= 0.3 is 0 Å². The fourth-order valence-electron chi connectivity index (χ4n) is 2.31. The summed E-state index contributed by atoms with van der Waals surface area (Å²) in [5.74, 6) is -0.332. The average molecular weight is 238 g/mol. The summed E-state index contributed by atoms with van der Waals surface area (Å²) in [5.41, 5.74) is 0.389. The molecule has 2 atom stereocenters. The van der Waals surface area contributed by atoms with Crippen molar-refractivity contribution in [3.8, 4) is 0 Å². The lowest BCUT2D eigenvalue weighted by Gasteiger charge is -2.40. The van der Waals surface area contributed by atoms with E-state index in [2.05, 4.69) is 9.80 Å². The molecule has 0 saturated carbocycles. The lowest BCUT2D eigenvalue weighted by molar-refractivity contribution is 0.0122. The largest absolute Gasteiger partial charge is 0.387 e. The van der Waals surface area contributed by atoms with Crippen LogP contribution in [0.3, 0.4) is 0 Å². The Hall–Kier alpha value is -0.970. The molecule has 1 N–H and O–H groups in total. The third-order valence-corrected chi connectivity index (χ3v) is 3.49. The van der Waals surface area contributed by atoms with E-state index >= 15 is 0 Å². The third kappa shape index (κ3) is 2.65. The summed E-state index contributed by atoms with van der Waals surface area (Å²) in [6.45, 7) is 2.63. The average Bonchev–Trinajstić information content (AvgIpc) is 2.32. The number of likely N-dealkylation sites (N-methyl/N-ethyl adjacent to an activating group) is 2. The quantitative estimate of drug-likeness (QED) is 0.836. The lowest BCUT2D eigenvalue weighted by atomic mass is 9.99. The van der Waals surface area contributed by atoms with Crippen molar-refractivity contribution in [2.75, 3.05) is 33.7 Å². The van der Waals surface area contributed by atoms with E-state index in [4.69, 9.17) is 0 Å². The molecule has 0 spiro atoms. The van der Waals surface area contributed by atoms with Crippen LogP contribution < -0.4 is 0 Å². The van der Waals surface area contributed by atoms with Gasteiger partial charge in [0, 0.05) is 25.2 Å². The van der Waals surface area contributed by atoms with Crippen molar-refractivity contribution in [3.63, 3.8) is 0 Å². The number of rotatable bonds is 2. The molecular weight excluding hydrogens is 219 g/mol. The highest BCUT2D eigenvalue weighted by Gasteiger charge is 2.30. The molecule has 4 heteroatoms. The number of hydrogen-bond donors (Lipinski definition) is 1. The summed E-state index contributed by atoms with van der Waals surface area (Å²) < 4.78 is 13.6. The van der Waals surface area contributed by atoms with Crippen molar-refractivity contribution >= 4 is 0 Å². The van der Waals surface area contributed by atoms with E-state index in [0.29, 0.717) is 5.56 Å². The zero-order valence-corrected chi connectivity index (χ0v) is 10.3. The van der Waals surface area contributed by atoms with Crippen LogP contribution in [-0.2, 0) is 0 Å². The van der Waals surface area contributed by atoms with Gasteiger partial charge in [-0.2, -0.15) is 0 Å². The first-order valence-electron chi connectivity index (χ1n) is 5.91. The summed E-state index contributed by atoms with van der Waals surface area (Å²) in [6.07, 6.45) is -0.774. The van der Waals surface area contributed by atoms with Gasteiger partial charge in [0.25, 0.3) is 0 Å². The molecule has 1 fully saturated rings. The van der Waals surface area contributed by atoms with Crippen molar-refractivity contribution in [2.24, 2.45) is 0 Å². The van der Waals surface area contributed by atoms with Crippen molar-refractivity contribution < 1.29 is 9.50 Å². The molecule has 1 aliphatic rings. The monoisotopic (exact) mass is 238 g/mol. The van der Waals surface area contributed by atoms with Gasteiger partial charge in [-0.25, -0.2) is 4.39 Å². The van der Waals surface area contributed by atoms with Crippen LogP contribution >= 0.6 is 0 Å². The number of aliphatic hydroxyl groups is 1. The minimum atomic E-state index is -0.774. The number of hydrogen-bond acceptors (Lipinski definition) is 3. The maximum atomic E-state index is 13.6. The van der Waals surface area contributed by atoms with Crippen LogP contribution in [0.5, 0.6) is 0 Å². The van der Waals surface area contributed by atoms with Crippen LogP contribution in [0.15, 0.2) is 24.3 Å². The molecule has 2 unspecified atom stereocenters. The molecule has 1 aromatic carbocycles. The van der Waals surface area contributed by atoms with Gasteiger partial charge in [0.15, 0.2) is 0 Å². The summed E-state index contributed by atoms with van der Waals surface area (Å²) in [4.78, 5) is 4.26. The zero-order valence-electron chi connectivity index (χ0n) is 10.3. The SMILES string of the molecule is CN1CCN(C)C(C(O)c2ccccc2F)C1. The van der Waals surface area contributed by atoms with Gasteiger partial charge < -0.3 is 10.0 Å². The second kappa shape index (κ2) is 5.12. The van der Waals surface area contributed by atoms with Crippen molar-refractivity contribution in [3.05, 3.63) is 35.6 Å². The number of aliphatic hydroxyl groups excluding tert-OH is 1. The van der Waals surface area contributed by atoms with Crippen LogP contribution in [-0.4, -0.2) is 54.7 Å². The summed E-state index contributed by atoms with van der Waals surface area (Å²) in [6, 6.07) is 6.40. The number of piperazine rings is 1. The van der Waals surface area contributed by atoms with Gasteiger partial charge in [-0.3, -0.25) is 4.90 Å². The molecule has 94 valence electrons. The maximum absolute atomic E-state index is 13.6. The van der Waals surface area contributed by atoms with Gasteiger partial charge in [0.05, 0.1) is 12.1 Å². The molecule has 1 aromatic rings. The van der Waals surface area contributed by atoms with E-state index in [1.54, 1.807) is 18.2 Å². The van der Waals surface area contributed by atoms with E-state index < -0.39 is 6.10 Å². The molecule has 1 aliphatic heterocycles. The van der Waals surface area contributed by atoms with Crippen LogP contribution in [0.1, 0.15) is 11.7 Å². The van der Waals surface area contributed by atoms with E-state index in [-0.39, 0.29) is 11.9 Å². The second-order valence-corrected chi connectivity index (χ2v) is 4.78. The maximum Gasteiger partial charge on any atom is 0.129 e. The van der Waals surface area contributed by atoms with Crippen molar-refractivity contribution in [1.82, 2.24) is 9.80 Å². The Bertz CT molecular complexity index is 385. The van der Waals surface area contributed by atoms with E-state index in [0.717, 1.165) is 19.6 Å². The number of nitrogens with zero attached hydrogens (tertiary/aromatic N) is 2. The molecule has 0 aliphatic carbocycles. The smallest absolute Gasteiger partial charge is 0.129 e. The molecule has 1 heterocycles. The fraction of sp³-hybridized carbons (Fsp3) is 0.538. The highest BCUT2D eigenvalue weighted by molar-refractivity contribution is 5.21. The van der Waals surface area contributed by atoms with Gasteiger partial charge in [-0.15, -0.1) is 0 Å². The molecule has 2 rings (SSSR count). The van der Waals surface area contributed by atoms with Crippen LogP contribution in [0.4, 0.5) is 4.39 Å². The fourth-order valence-corrected chi connectivity index (χ4v) is 2.31. The van der Waals surface area contributed by atoms with Gasteiger partial charge in [-0.05, 0) is 20.2 Å². The van der Waals surface area contributed by atoms with Gasteiger partial charge in [0.1, 0.15) is 5.82 Å². The van der Waals surface area contributed by atoms with Crippen molar-refractivity contribution in [2.45, 2.75) is 12.1 Å². The second-order valence-electron chi connectivity index (χ2n) is 4.78. The first-order chi connectivity index (χ1) is 8.09. The Morgan fingerprint density at radius 2 is 2.00 bits per heavy atom. The summed E-state index contributed by atoms with van der Waals surface area (Å²) >= 11 is 0. The normalized spacial score (nSPS) is 24.8. The first kappa shape index (κ1) is 12.5. The predicted molar refractivity (Wildman–Crippen MR) is 65.3 cm³/mol. The van der Waals surface area contributed by atoms with E-state index in [1.165, 1.54) is 6.07 Å². The highest BCUT2D eigenvalue weighted by atomic mass is 19.1.